The summed E-state index contributed by atoms with van der Waals surface area (Å²) in [5.74, 6) is 0.410. The zero-order chi connectivity index (χ0) is 44.3. The van der Waals surface area contributed by atoms with E-state index in [1.807, 2.05) is 6.07 Å². The summed E-state index contributed by atoms with van der Waals surface area (Å²) in [6, 6.07) is 27.0. The van der Waals surface area contributed by atoms with Crippen molar-refractivity contribution in [2.45, 2.75) is 137 Å². The van der Waals surface area contributed by atoms with Crippen LogP contribution in [0.4, 0.5) is 34.1 Å². The van der Waals surface area contributed by atoms with Crippen molar-refractivity contribution < 1.29 is 14.0 Å². The first-order valence-corrected chi connectivity index (χ1v) is 19.2. The molecule has 4 aromatic carbocycles. The second-order valence-electron chi connectivity index (χ2n) is 19.7. The van der Waals surface area contributed by atoms with E-state index < -0.39 is 37.1 Å². The molecule has 0 unspecified atom stereocenters. The van der Waals surface area contributed by atoms with Crippen molar-refractivity contribution in [2.75, 3.05) is 9.80 Å². The van der Waals surface area contributed by atoms with Crippen molar-refractivity contribution in [3.05, 3.63) is 112 Å². The smallest absolute Gasteiger partial charge is 0.297 e. The first-order chi connectivity index (χ1) is 27.3. The molecule has 274 valence electrons. The van der Waals surface area contributed by atoms with Gasteiger partial charge >= 0.3 is 0 Å². The van der Waals surface area contributed by atoms with Crippen LogP contribution < -0.4 is 26.4 Å². The lowest BCUT2D eigenvalue weighted by Gasteiger charge is -2.44. The Morgan fingerprint density at radius 1 is 0.623 bits per heavy atom. The van der Waals surface area contributed by atoms with Crippen LogP contribution >= 0.6 is 0 Å². The van der Waals surface area contributed by atoms with Gasteiger partial charge in [-0.2, -0.15) is 0 Å². The van der Waals surface area contributed by atoms with E-state index >= 15 is 0 Å². The molecule has 8 rings (SSSR count). The van der Waals surface area contributed by atoms with Gasteiger partial charge in [-0.3, -0.25) is 0 Å². The molecule has 5 aromatic rings. The number of aryl methyl sites for hydroxylation is 1. The van der Waals surface area contributed by atoms with E-state index in [0.29, 0.717) is 28.4 Å². The highest BCUT2D eigenvalue weighted by atomic mass is 16.3. The lowest BCUT2D eigenvalue weighted by atomic mass is 9.35. The number of nitrogens with zero attached hydrogens (tertiary/aromatic N) is 2. The third-order valence-corrected chi connectivity index (χ3v) is 11.6. The minimum Gasteiger partial charge on any atom is -0.472 e. The van der Waals surface area contributed by atoms with Gasteiger partial charge < -0.3 is 14.2 Å². The molecule has 1 aliphatic carbocycles. The molecular weight excluding hydrogens is 643 g/mol. The highest BCUT2D eigenvalue weighted by Crippen LogP contribution is 2.54. The maximum atomic E-state index is 9.58. The Labute approximate surface area is 329 Å². The van der Waals surface area contributed by atoms with Crippen LogP contribution in [-0.4, -0.2) is 6.71 Å². The topological polar surface area (TPSA) is 19.6 Å². The number of benzene rings is 4. The van der Waals surface area contributed by atoms with Gasteiger partial charge in [-0.05, 0) is 117 Å². The highest BCUT2D eigenvalue weighted by Gasteiger charge is 2.52. The van der Waals surface area contributed by atoms with E-state index in [9.17, 15) is 5.48 Å². The summed E-state index contributed by atoms with van der Waals surface area (Å²) in [6.45, 7) is 23.7. The third-order valence-electron chi connectivity index (χ3n) is 11.6. The van der Waals surface area contributed by atoms with Crippen LogP contribution in [0.5, 0.6) is 0 Å². The number of furan rings is 1. The van der Waals surface area contributed by atoms with Crippen molar-refractivity contribution in [3.8, 4) is 0 Å². The van der Waals surface area contributed by atoms with Gasteiger partial charge in [0, 0.05) is 49.0 Å². The van der Waals surface area contributed by atoms with Crippen LogP contribution in [0.25, 0.3) is 0 Å². The van der Waals surface area contributed by atoms with Crippen LogP contribution in [0.15, 0.2) is 83.3 Å². The molecule has 53 heavy (non-hydrogen) atoms. The SMILES string of the molecule is [2H]C([2H])([2H])c1cc2c3c(c1)N(c1ccc(C(C)(C)C)cc1)c1c(oc4c1C(C)(C)C([2H])([2H])C([2H])([2H])C4(C)C)B3c1cc(C(C)(C)C)ccc1N2c1ccc(C(C)(C)C)cc1. The molecular formula is C49H59BN2O. The quantitative estimate of drug-likeness (QED) is 0.167. The van der Waals surface area contributed by atoms with E-state index in [1.54, 1.807) is 33.8 Å². The zero-order valence-corrected chi connectivity index (χ0v) is 33.9. The second-order valence-corrected chi connectivity index (χ2v) is 19.7. The van der Waals surface area contributed by atoms with Crippen molar-refractivity contribution in [2.24, 2.45) is 0 Å². The highest BCUT2D eigenvalue weighted by molar-refractivity contribution is 6.99. The van der Waals surface area contributed by atoms with E-state index in [2.05, 4.69) is 139 Å². The van der Waals surface area contributed by atoms with Gasteiger partial charge in [-0.15, -0.1) is 0 Å². The summed E-state index contributed by atoms with van der Waals surface area (Å²) >= 11 is 0. The van der Waals surface area contributed by atoms with E-state index in [4.69, 9.17) is 8.53 Å². The molecule has 0 atom stereocenters. The molecule has 0 amide bonds. The maximum absolute atomic E-state index is 9.58. The predicted octanol–water partition coefficient (Wildman–Crippen LogP) is 11.9. The summed E-state index contributed by atoms with van der Waals surface area (Å²) in [4.78, 5) is 4.28. The third kappa shape index (κ3) is 5.61. The number of fused-ring (bicyclic) bond motifs is 6. The van der Waals surface area contributed by atoms with Crippen molar-refractivity contribution in [1.29, 1.82) is 0 Å². The maximum Gasteiger partial charge on any atom is 0.297 e. The Bertz CT molecular complexity index is 2550. The molecule has 0 saturated heterocycles. The molecule has 4 heteroatoms. The number of hydrogen-bond acceptors (Lipinski definition) is 3. The van der Waals surface area contributed by atoms with E-state index in [0.717, 1.165) is 44.8 Å². The van der Waals surface area contributed by atoms with Gasteiger partial charge in [-0.1, -0.05) is 126 Å². The molecule has 0 bridgehead atoms. The molecule has 0 N–H and O–H groups in total. The van der Waals surface area contributed by atoms with Crippen LogP contribution in [0.2, 0.25) is 0 Å². The van der Waals surface area contributed by atoms with Crippen molar-refractivity contribution >= 4 is 57.4 Å². The van der Waals surface area contributed by atoms with Gasteiger partial charge in [-0.25, -0.2) is 0 Å². The molecule has 3 heterocycles. The summed E-state index contributed by atoms with van der Waals surface area (Å²) in [5, 5.41) is 0. The average Bonchev–Trinajstić information content (AvgIpc) is 3.54. The molecule has 3 nitrogen and oxygen atoms in total. The first kappa shape index (κ1) is 28.3. The minimum absolute atomic E-state index is 0.0733. The summed E-state index contributed by atoms with van der Waals surface area (Å²) < 4.78 is 71.9. The van der Waals surface area contributed by atoms with E-state index in [-0.39, 0.29) is 21.8 Å². The van der Waals surface area contributed by atoms with Gasteiger partial charge in [0.15, 0.2) is 0 Å². The average molecular weight is 710 g/mol. The fraction of sp³-hybridized carbons (Fsp3) is 0.429. The Morgan fingerprint density at radius 2 is 1.11 bits per heavy atom. The Morgan fingerprint density at radius 3 is 1.64 bits per heavy atom. The summed E-state index contributed by atoms with van der Waals surface area (Å²) in [5.41, 5.74) is 8.11. The first-order valence-electron chi connectivity index (χ1n) is 22.7. The zero-order valence-electron chi connectivity index (χ0n) is 40.9. The lowest BCUT2D eigenvalue weighted by molar-refractivity contribution is 0.282. The molecule has 0 spiro atoms. The monoisotopic (exact) mass is 710 g/mol. The van der Waals surface area contributed by atoms with Crippen LogP contribution in [0, 0.1) is 6.85 Å². The van der Waals surface area contributed by atoms with Gasteiger partial charge in [0.05, 0.1) is 11.3 Å². The van der Waals surface area contributed by atoms with Crippen LogP contribution in [-0.2, 0) is 27.1 Å². The standard InChI is InChI=1S/C49H59BN2O/c1-30-27-38-41-39(28-30)52(35-22-17-32(18-23-35)46(5,6)7)42-40-43(49(13,14)26-25-48(40,11)12)53-44(42)50(41)36-29-33(47(8,9)10)19-24-37(36)51(38)34-20-15-31(16-21-34)45(2,3)4/h15-24,27-29H,25-26H2,1-14H3/i1D3,25D2,26D2. The fourth-order valence-corrected chi connectivity index (χ4v) is 8.50. The van der Waals surface area contributed by atoms with Gasteiger partial charge in [0.25, 0.3) is 6.71 Å². The Balaban J connectivity index is 1.56. The second kappa shape index (κ2) is 11.4. The number of hydrogen-bond donors (Lipinski definition) is 0. The number of anilines is 6. The predicted molar refractivity (Wildman–Crippen MR) is 229 cm³/mol. The molecule has 0 fully saturated rings. The fourth-order valence-electron chi connectivity index (χ4n) is 8.50. The molecule has 0 saturated carbocycles. The lowest BCUT2D eigenvalue weighted by Crippen LogP contribution is -2.61. The molecule has 2 aliphatic heterocycles. The van der Waals surface area contributed by atoms with Gasteiger partial charge in [0.1, 0.15) is 5.76 Å². The summed E-state index contributed by atoms with van der Waals surface area (Å²) in [6.07, 6.45) is -4.65. The van der Waals surface area contributed by atoms with E-state index in [1.165, 1.54) is 5.56 Å². The van der Waals surface area contributed by atoms with Crippen LogP contribution in [0.3, 0.4) is 0 Å². The van der Waals surface area contributed by atoms with Crippen LogP contribution in [0.1, 0.15) is 146 Å². The molecule has 0 radical (unpaired) electrons. The summed E-state index contributed by atoms with van der Waals surface area (Å²) in [7, 11) is 0. The molecule has 3 aliphatic rings. The normalized spacial score (nSPS) is 21.4. The Kier molecular flexibility index (Phi) is 6.10. The van der Waals surface area contributed by atoms with Crippen molar-refractivity contribution in [3.63, 3.8) is 0 Å². The largest absolute Gasteiger partial charge is 0.472 e. The Hall–Kier alpha value is -4.18. The molecule has 1 aromatic heterocycles. The van der Waals surface area contributed by atoms with Gasteiger partial charge in [0.2, 0.25) is 0 Å². The number of rotatable bonds is 2. The van der Waals surface area contributed by atoms with Crippen molar-refractivity contribution in [1.82, 2.24) is 0 Å². The minimum atomic E-state index is -2.47.